The van der Waals surface area contributed by atoms with Crippen LogP contribution in [0.2, 0.25) is 0 Å². The van der Waals surface area contributed by atoms with E-state index in [9.17, 15) is 4.79 Å². The second kappa shape index (κ2) is 8.37. The van der Waals surface area contributed by atoms with Gasteiger partial charge in [0.15, 0.2) is 0 Å². The summed E-state index contributed by atoms with van der Waals surface area (Å²) >= 11 is 1.75. The highest BCUT2D eigenvalue weighted by molar-refractivity contribution is 7.97. The van der Waals surface area contributed by atoms with Crippen LogP contribution in [0, 0.1) is 0 Å². The van der Waals surface area contributed by atoms with Gasteiger partial charge in [-0.1, -0.05) is 0 Å². The molecule has 0 aromatic carbocycles. The van der Waals surface area contributed by atoms with Crippen LogP contribution in [0.4, 0.5) is 0 Å². The summed E-state index contributed by atoms with van der Waals surface area (Å²) in [5.74, 6) is 3.14. The van der Waals surface area contributed by atoms with E-state index >= 15 is 0 Å². The molecule has 1 aliphatic rings. The summed E-state index contributed by atoms with van der Waals surface area (Å²) in [5.41, 5.74) is 0. The van der Waals surface area contributed by atoms with Gasteiger partial charge in [-0.15, -0.1) is 0 Å². The molecule has 112 valence electrons. The number of likely N-dealkylation sites (tertiary alicyclic amines) is 1. The van der Waals surface area contributed by atoms with Crippen molar-refractivity contribution in [2.75, 3.05) is 25.9 Å². The number of nitrogens with one attached hydrogen (secondary N) is 1. The van der Waals surface area contributed by atoms with Crippen LogP contribution in [0.15, 0.2) is 16.5 Å². The number of amides is 1. The number of nitrogens with zero attached hydrogens (tertiary/aromatic N) is 1. The molecule has 0 radical (unpaired) electrons. The van der Waals surface area contributed by atoms with Crippen molar-refractivity contribution in [3.8, 4) is 0 Å². The zero-order valence-electron chi connectivity index (χ0n) is 12.2. The van der Waals surface area contributed by atoms with E-state index in [2.05, 4.69) is 11.6 Å². The van der Waals surface area contributed by atoms with Gasteiger partial charge >= 0.3 is 0 Å². The molecule has 1 amide bonds. The van der Waals surface area contributed by atoms with Crippen LogP contribution in [0.1, 0.15) is 37.2 Å². The minimum Gasteiger partial charge on any atom is -0.464 e. The molecule has 1 aromatic heterocycles. The Morgan fingerprint density at radius 3 is 2.80 bits per heavy atom. The summed E-state index contributed by atoms with van der Waals surface area (Å²) in [4.78, 5) is 14.0. The van der Waals surface area contributed by atoms with E-state index in [0.717, 1.165) is 43.2 Å². The number of piperidine rings is 1. The minimum atomic E-state index is 0.278. The first-order chi connectivity index (χ1) is 9.79. The van der Waals surface area contributed by atoms with Gasteiger partial charge in [0.25, 0.3) is 0 Å². The van der Waals surface area contributed by atoms with Crippen molar-refractivity contribution in [1.82, 2.24) is 10.2 Å². The Hall–Kier alpha value is -0.940. The topological polar surface area (TPSA) is 45.5 Å². The Balaban J connectivity index is 1.61. The van der Waals surface area contributed by atoms with Crippen LogP contribution < -0.4 is 5.32 Å². The van der Waals surface area contributed by atoms with Gasteiger partial charge in [-0.2, -0.15) is 11.8 Å². The highest BCUT2D eigenvalue weighted by Crippen LogP contribution is 2.13. The van der Waals surface area contributed by atoms with E-state index in [1.807, 2.05) is 17.0 Å². The van der Waals surface area contributed by atoms with E-state index in [1.165, 1.54) is 6.42 Å². The van der Waals surface area contributed by atoms with Crippen molar-refractivity contribution >= 4 is 17.7 Å². The summed E-state index contributed by atoms with van der Waals surface area (Å²) in [7, 11) is 0. The van der Waals surface area contributed by atoms with Crippen molar-refractivity contribution in [3.63, 3.8) is 0 Å². The summed E-state index contributed by atoms with van der Waals surface area (Å²) in [6.45, 7) is 3.29. The smallest absolute Gasteiger partial charge is 0.223 e. The molecule has 0 spiro atoms. The first kappa shape index (κ1) is 15.4. The average Bonchev–Trinajstić information content (AvgIpc) is 2.92. The van der Waals surface area contributed by atoms with Gasteiger partial charge in [0.1, 0.15) is 11.5 Å². The molecule has 1 saturated heterocycles. The van der Waals surface area contributed by atoms with Crippen molar-refractivity contribution in [3.05, 3.63) is 23.7 Å². The minimum absolute atomic E-state index is 0.278. The maximum atomic E-state index is 12.0. The van der Waals surface area contributed by atoms with Crippen LogP contribution >= 0.6 is 11.8 Å². The summed E-state index contributed by atoms with van der Waals surface area (Å²) in [6, 6.07) is 4.03. The Morgan fingerprint density at radius 2 is 2.05 bits per heavy atom. The van der Waals surface area contributed by atoms with E-state index in [-0.39, 0.29) is 5.91 Å². The molecule has 2 rings (SSSR count). The third-order valence-corrected chi connectivity index (χ3v) is 4.10. The molecule has 0 unspecified atom stereocenters. The van der Waals surface area contributed by atoms with Crippen LogP contribution in [-0.2, 0) is 17.1 Å². The number of hydrogen-bond acceptors (Lipinski definition) is 4. The lowest BCUT2D eigenvalue weighted by Crippen LogP contribution is -2.37. The van der Waals surface area contributed by atoms with Crippen molar-refractivity contribution in [2.45, 2.75) is 38.0 Å². The van der Waals surface area contributed by atoms with Crippen LogP contribution in [0.3, 0.4) is 0 Å². The summed E-state index contributed by atoms with van der Waals surface area (Å²) in [5, 5.41) is 3.28. The fourth-order valence-corrected chi connectivity index (χ4v) is 2.89. The molecule has 2 heterocycles. The van der Waals surface area contributed by atoms with Gasteiger partial charge in [-0.3, -0.25) is 4.79 Å². The number of hydrogen-bond donors (Lipinski definition) is 1. The zero-order chi connectivity index (χ0) is 14.2. The maximum Gasteiger partial charge on any atom is 0.223 e. The summed E-state index contributed by atoms with van der Waals surface area (Å²) in [6.07, 6.45) is 6.22. The maximum absolute atomic E-state index is 12.0. The monoisotopic (exact) mass is 296 g/mol. The molecular formula is C15H24N2O2S. The SMILES string of the molecule is CSCc1ccc(CNCCC(=O)N2CCCCC2)o1. The lowest BCUT2D eigenvalue weighted by atomic mass is 10.1. The van der Waals surface area contributed by atoms with Crippen molar-refractivity contribution in [1.29, 1.82) is 0 Å². The second-order valence-corrected chi connectivity index (χ2v) is 6.04. The number of carbonyl (C=O) groups is 1. The van der Waals surface area contributed by atoms with Crippen LogP contribution in [0.25, 0.3) is 0 Å². The fourth-order valence-electron chi connectivity index (χ4n) is 2.45. The Kier molecular flexibility index (Phi) is 6.47. The highest BCUT2D eigenvalue weighted by Gasteiger charge is 2.15. The molecule has 1 aromatic rings. The molecule has 4 nitrogen and oxygen atoms in total. The van der Waals surface area contributed by atoms with Crippen molar-refractivity contribution < 1.29 is 9.21 Å². The highest BCUT2D eigenvalue weighted by atomic mass is 32.2. The molecule has 1 fully saturated rings. The zero-order valence-corrected chi connectivity index (χ0v) is 13.0. The van der Waals surface area contributed by atoms with Gasteiger partial charge in [0.2, 0.25) is 5.91 Å². The molecule has 0 aliphatic carbocycles. The first-order valence-corrected chi connectivity index (χ1v) is 8.74. The molecule has 0 atom stereocenters. The predicted molar refractivity (Wildman–Crippen MR) is 82.7 cm³/mol. The van der Waals surface area contributed by atoms with Crippen LogP contribution in [-0.4, -0.2) is 36.7 Å². The fraction of sp³-hybridized carbons (Fsp3) is 0.667. The molecule has 1 aliphatic heterocycles. The first-order valence-electron chi connectivity index (χ1n) is 7.34. The molecule has 5 heteroatoms. The molecule has 20 heavy (non-hydrogen) atoms. The largest absolute Gasteiger partial charge is 0.464 e. The quantitative estimate of drug-likeness (QED) is 0.786. The lowest BCUT2D eigenvalue weighted by molar-refractivity contribution is -0.131. The Labute approximate surface area is 125 Å². The third kappa shape index (κ3) is 4.87. The lowest BCUT2D eigenvalue weighted by Gasteiger charge is -2.26. The Bertz CT molecular complexity index is 414. The third-order valence-electron chi connectivity index (χ3n) is 3.53. The number of rotatable bonds is 7. The van der Waals surface area contributed by atoms with Crippen LogP contribution in [0.5, 0.6) is 0 Å². The average molecular weight is 296 g/mol. The molecule has 0 bridgehead atoms. The van der Waals surface area contributed by atoms with Gasteiger partial charge < -0.3 is 14.6 Å². The van der Waals surface area contributed by atoms with Crippen molar-refractivity contribution in [2.24, 2.45) is 0 Å². The van der Waals surface area contributed by atoms with E-state index in [4.69, 9.17) is 4.42 Å². The van der Waals surface area contributed by atoms with E-state index < -0.39 is 0 Å². The Morgan fingerprint density at radius 1 is 1.30 bits per heavy atom. The van der Waals surface area contributed by atoms with E-state index in [1.54, 1.807) is 11.8 Å². The normalized spacial score (nSPS) is 15.6. The standard InChI is InChI=1S/C15H24N2O2S/c1-20-12-14-6-5-13(19-14)11-16-8-7-15(18)17-9-3-2-4-10-17/h5-6,16H,2-4,7-12H2,1H3. The number of furan rings is 1. The molecular weight excluding hydrogens is 272 g/mol. The molecule has 1 N–H and O–H groups in total. The van der Waals surface area contributed by atoms with E-state index in [0.29, 0.717) is 19.5 Å². The van der Waals surface area contributed by atoms with Gasteiger partial charge in [0.05, 0.1) is 12.3 Å². The predicted octanol–water partition coefficient (Wildman–Crippen LogP) is 2.63. The van der Waals surface area contributed by atoms with Gasteiger partial charge in [-0.05, 0) is 37.7 Å². The molecule has 0 saturated carbocycles. The second-order valence-electron chi connectivity index (χ2n) is 5.17. The van der Waals surface area contributed by atoms with Gasteiger partial charge in [-0.25, -0.2) is 0 Å². The summed E-state index contributed by atoms with van der Waals surface area (Å²) < 4.78 is 5.67. The number of carbonyl (C=O) groups excluding carboxylic acids is 1. The van der Waals surface area contributed by atoms with Gasteiger partial charge in [0, 0.05) is 26.1 Å². The number of thioether (sulfide) groups is 1.